The summed E-state index contributed by atoms with van der Waals surface area (Å²) in [5.41, 5.74) is 1.30. The summed E-state index contributed by atoms with van der Waals surface area (Å²) in [5, 5.41) is 3.39. The fraction of sp³-hybridized carbons (Fsp3) is 0.750. The summed E-state index contributed by atoms with van der Waals surface area (Å²) in [6.45, 7) is 3.13. The standard InChI is InChI=1S/C12H19N3O/c1-2-11(16-7-1)12-14-8-10(15-12)9-3-5-13-6-4-9/h8-9,11,13H,1-7H2,(H,14,15). The lowest BCUT2D eigenvalue weighted by atomic mass is 9.95. The van der Waals surface area contributed by atoms with Crippen LogP contribution in [-0.2, 0) is 4.74 Å². The fourth-order valence-corrected chi connectivity index (χ4v) is 2.65. The number of piperidine rings is 1. The second kappa shape index (κ2) is 4.55. The van der Waals surface area contributed by atoms with Crippen molar-refractivity contribution < 1.29 is 4.74 Å². The summed E-state index contributed by atoms with van der Waals surface area (Å²) in [6, 6.07) is 0. The Hall–Kier alpha value is -0.870. The van der Waals surface area contributed by atoms with E-state index in [9.17, 15) is 0 Å². The molecule has 1 unspecified atom stereocenters. The van der Waals surface area contributed by atoms with Crippen LogP contribution in [0.3, 0.4) is 0 Å². The van der Waals surface area contributed by atoms with E-state index in [1.165, 1.54) is 18.5 Å². The maximum atomic E-state index is 5.63. The van der Waals surface area contributed by atoms with Crippen LogP contribution >= 0.6 is 0 Å². The first-order chi connectivity index (χ1) is 7.93. The number of rotatable bonds is 2. The highest BCUT2D eigenvalue weighted by Crippen LogP contribution is 2.29. The molecule has 3 heterocycles. The monoisotopic (exact) mass is 221 g/mol. The number of ether oxygens (including phenoxy) is 1. The molecule has 0 aliphatic carbocycles. The molecule has 0 radical (unpaired) electrons. The van der Waals surface area contributed by atoms with Crippen LogP contribution in [-0.4, -0.2) is 29.7 Å². The molecule has 0 bridgehead atoms. The molecule has 16 heavy (non-hydrogen) atoms. The van der Waals surface area contributed by atoms with Crippen molar-refractivity contribution >= 4 is 0 Å². The molecule has 0 amide bonds. The molecule has 0 spiro atoms. The van der Waals surface area contributed by atoms with Crippen molar-refractivity contribution in [2.75, 3.05) is 19.7 Å². The Balaban J connectivity index is 1.71. The minimum Gasteiger partial charge on any atom is -0.370 e. The van der Waals surface area contributed by atoms with E-state index < -0.39 is 0 Å². The van der Waals surface area contributed by atoms with Gasteiger partial charge in [-0.15, -0.1) is 0 Å². The molecule has 2 N–H and O–H groups in total. The van der Waals surface area contributed by atoms with Gasteiger partial charge in [0, 0.05) is 24.4 Å². The number of nitrogens with one attached hydrogen (secondary N) is 2. The molecular formula is C12H19N3O. The molecule has 4 heteroatoms. The number of hydrogen-bond donors (Lipinski definition) is 2. The number of nitrogens with zero attached hydrogens (tertiary/aromatic N) is 1. The van der Waals surface area contributed by atoms with Gasteiger partial charge < -0.3 is 15.0 Å². The average molecular weight is 221 g/mol. The Bertz CT molecular complexity index is 338. The minimum absolute atomic E-state index is 0.218. The van der Waals surface area contributed by atoms with Gasteiger partial charge in [0.25, 0.3) is 0 Å². The van der Waals surface area contributed by atoms with Crippen molar-refractivity contribution in [1.29, 1.82) is 0 Å². The van der Waals surface area contributed by atoms with Crippen molar-refractivity contribution in [2.45, 2.75) is 37.7 Å². The predicted molar refractivity (Wildman–Crippen MR) is 61.4 cm³/mol. The maximum absolute atomic E-state index is 5.63. The first-order valence-electron chi connectivity index (χ1n) is 6.30. The van der Waals surface area contributed by atoms with Gasteiger partial charge >= 0.3 is 0 Å². The molecule has 2 aliphatic rings. The highest BCUT2D eigenvalue weighted by molar-refractivity contribution is 5.10. The predicted octanol–water partition coefficient (Wildman–Crippen LogP) is 1.73. The van der Waals surface area contributed by atoms with Crippen LogP contribution in [0.5, 0.6) is 0 Å². The van der Waals surface area contributed by atoms with Crippen LogP contribution in [0.2, 0.25) is 0 Å². The quantitative estimate of drug-likeness (QED) is 0.799. The number of H-pyrrole nitrogens is 1. The van der Waals surface area contributed by atoms with E-state index in [0.29, 0.717) is 5.92 Å². The van der Waals surface area contributed by atoms with Gasteiger partial charge in [-0.3, -0.25) is 0 Å². The van der Waals surface area contributed by atoms with Crippen molar-refractivity contribution in [3.63, 3.8) is 0 Å². The third-order valence-electron chi connectivity index (χ3n) is 3.63. The Morgan fingerprint density at radius 2 is 2.12 bits per heavy atom. The SMILES string of the molecule is c1nc(C2CCCO2)[nH]c1C1CCNCC1. The van der Waals surface area contributed by atoms with Crippen LogP contribution in [0.4, 0.5) is 0 Å². The van der Waals surface area contributed by atoms with Crippen LogP contribution in [0.15, 0.2) is 6.20 Å². The third-order valence-corrected chi connectivity index (χ3v) is 3.63. The summed E-state index contributed by atoms with van der Waals surface area (Å²) >= 11 is 0. The van der Waals surface area contributed by atoms with Crippen LogP contribution in [0.1, 0.15) is 49.2 Å². The van der Waals surface area contributed by atoms with Crippen molar-refractivity contribution in [3.05, 3.63) is 17.7 Å². The molecule has 2 fully saturated rings. The molecule has 88 valence electrons. The fourth-order valence-electron chi connectivity index (χ4n) is 2.65. The largest absolute Gasteiger partial charge is 0.370 e. The van der Waals surface area contributed by atoms with E-state index in [-0.39, 0.29) is 6.10 Å². The smallest absolute Gasteiger partial charge is 0.135 e. The first kappa shape index (κ1) is 10.3. The molecular weight excluding hydrogens is 202 g/mol. The number of hydrogen-bond acceptors (Lipinski definition) is 3. The molecule has 4 nitrogen and oxygen atoms in total. The van der Waals surface area contributed by atoms with Gasteiger partial charge in [-0.1, -0.05) is 0 Å². The van der Waals surface area contributed by atoms with Gasteiger partial charge in [-0.25, -0.2) is 4.98 Å². The zero-order chi connectivity index (χ0) is 10.8. The third kappa shape index (κ3) is 1.99. The van der Waals surface area contributed by atoms with E-state index >= 15 is 0 Å². The summed E-state index contributed by atoms with van der Waals surface area (Å²) in [4.78, 5) is 7.93. The zero-order valence-corrected chi connectivity index (χ0v) is 9.54. The van der Waals surface area contributed by atoms with E-state index in [1.54, 1.807) is 0 Å². The summed E-state index contributed by atoms with van der Waals surface area (Å²) in [7, 11) is 0. The normalized spacial score (nSPS) is 27.4. The van der Waals surface area contributed by atoms with Gasteiger partial charge in [0.05, 0.1) is 0 Å². The van der Waals surface area contributed by atoms with Crippen LogP contribution < -0.4 is 5.32 Å². The Morgan fingerprint density at radius 1 is 1.25 bits per heavy atom. The summed E-state index contributed by atoms with van der Waals surface area (Å²) in [6.07, 6.45) is 6.93. The van der Waals surface area contributed by atoms with Gasteiger partial charge in [0.1, 0.15) is 11.9 Å². The van der Waals surface area contributed by atoms with E-state index in [0.717, 1.165) is 38.4 Å². The van der Waals surface area contributed by atoms with Crippen molar-refractivity contribution in [1.82, 2.24) is 15.3 Å². The molecule has 3 rings (SSSR count). The Labute approximate surface area is 95.8 Å². The van der Waals surface area contributed by atoms with E-state index in [2.05, 4.69) is 15.3 Å². The molecule has 0 aromatic carbocycles. The van der Waals surface area contributed by atoms with Crippen molar-refractivity contribution in [2.24, 2.45) is 0 Å². The van der Waals surface area contributed by atoms with Crippen molar-refractivity contribution in [3.8, 4) is 0 Å². The summed E-state index contributed by atoms with van der Waals surface area (Å²) < 4.78 is 5.63. The Morgan fingerprint density at radius 3 is 2.88 bits per heavy atom. The van der Waals surface area contributed by atoms with Gasteiger partial charge in [0.2, 0.25) is 0 Å². The highest BCUT2D eigenvalue weighted by atomic mass is 16.5. The topological polar surface area (TPSA) is 49.9 Å². The molecule has 2 aliphatic heterocycles. The molecule has 1 aromatic rings. The maximum Gasteiger partial charge on any atom is 0.135 e. The molecule has 0 saturated carbocycles. The summed E-state index contributed by atoms with van der Waals surface area (Å²) in [5.74, 6) is 1.69. The van der Waals surface area contributed by atoms with Gasteiger partial charge in [-0.05, 0) is 38.8 Å². The number of imidazole rings is 1. The van der Waals surface area contributed by atoms with Gasteiger partial charge in [-0.2, -0.15) is 0 Å². The molecule has 2 saturated heterocycles. The average Bonchev–Trinajstić information content (AvgIpc) is 3.01. The van der Waals surface area contributed by atoms with E-state index in [1.807, 2.05) is 6.20 Å². The van der Waals surface area contributed by atoms with Crippen LogP contribution in [0.25, 0.3) is 0 Å². The molecule has 1 aromatic heterocycles. The number of aromatic amines is 1. The van der Waals surface area contributed by atoms with Gasteiger partial charge in [0.15, 0.2) is 0 Å². The molecule has 1 atom stereocenters. The van der Waals surface area contributed by atoms with Crippen LogP contribution in [0, 0.1) is 0 Å². The lowest BCUT2D eigenvalue weighted by molar-refractivity contribution is 0.105. The highest BCUT2D eigenvalue weighted by Gasteiger charge is 2.23. The second-order valence-corrected chi connectivity index (χ2v) is 4.75. The lowest BCUT2D eigenvalue weighted by Crippen LogP contribution is -2.26. The minimum atomic E-state index is 0.218. The Kier molecular flexibility index (Phi) is 2.93. The lowest BCUT2D eigenvalue weighted by Gasteiger charge is -2.21. The second-order valence-electron chi connectivity index (χ2n) is 4.75. The first-order valence-corrected chi connectivity index (χ1v) is 6.30. The zero-order valence-electron chi connectivity index (χ0n) is 9.54. The van der Waals surface area contributed by atoms with E-state index in [4.69, 9.17) is 4.74 Å². The number of aromatic nitrogens is 2.